The number of ether oxygens (including phenoxy) is 2. The van der Waals surface area contributed by atoms with Crippen LogP contribution in [-0.2, 0) is 10.0 Å². The first-order chi connectivity index (χ1) is 14.7. The lowest BCUT2D eigenvalue weighted by atomic mass is 10.1. The van der Waals surface area contributed by atoms with E-state index in [2.05, 4.69) is 10.0 Å². The van der Waals surface area contributed by atoms with Gasteiger partial charge in [0, 0.05) is 16.9 Å². The first-order valence-electron chi connectivity index (χ1n) is 9.16. The number of carbonyl (C=O) groups excluding carboxylic acids is 1. The Morgan fingerprint density at radius 3 is 2.10 bits per heavy atom. The van der Waals surface area contributed by atoms with Crippen LogP contribution in [0.15, 0.2) is 65.6 Å². The molecule has 0 fully saturated rings. The van der Waals surface area contributed by atoms with Crippen molar-refractivity contribution in [1.29, 1.82) is 0 Å². The third kappa shape index (κ3) is 5.28. The van der Waals surface area contributed by atoms with Gasteiger partial charge >= 0.3 is 0 Å². The number of hydrogen-bond donors (Lipinski definition) is 2. The Labute approximate surface area is 186 Å². The van der Waals surface area contributed by atoms with Gasteiger partial charge in [-0.15, -0.1) is 0 Å². The zero-order valence-electron chi connectivity index (χ0n) is 17.1. The van der Waals surface area contributed by atoms with Crippen LogP contribution in [0.2, 0.25) is 5.02 Å². The van der Waals surface area contributed by atoms with E-state index < -0.39 is 15.9 Å². The van der Waals surface area contributed by atoms with E-state index in [1.807, 2.05) is 6.92 Å². The van der Waals surface area contributed by atoms with Gasteiger partial charge in [0.15, 0.2) is 11.5 Å². The maximum atomic E-state index is 12.6. The molecule has 1 amide bonds. The minimum absolute atomic E-state index is 0.167. The van der Waals surface area contributed by atoms with Crippen molar-refractivity contribution in [3.63, 3.8) is 0 Å². The highest BCUT2D eigenvalue weighted by atomic mass is 35.5. The smallest absolute Gasteiger partial charge is 0.261 e. The van der Waals surface area contributed by atoms with Crippen LogP contribution in [0.1, 0.15) is 15.9 Å². The van der Waals surface area contributed by atoms with Gasteiger partial charge in [-0.3, -0.25) is 9.52 Å². The Bertz CT molecular complexity index is 1190. The molecule has 0 aliphatic rings. The first-order valence-corrected chi connectivity index (χ1v) is 11.0. The third-order valence-corrected chi connectivity index (χ3v) is 6.10. The summed E-state index contributed by atoms with van der Waals surface area (Å²) in [7, 11) is -0.799. The summed E-state index contributed by atoms with van der Waals surface area (Å²) in [5, 5.41) is 2.97. The molecule has 0 saturated carbocycles. The molecule has 2 N–H and O–H groups in total. The second-order valence-corrected chi connectivity index (χ2v) is 8.73. The molecule has 9 heteroatoms. The molecule has 0 saturated heterocycles. The van der Waals surface area contributed by atoms with Crippen LogP contribution >= 0.6 is 11.6 Å². The Morgan fingerprint density at radius 2 is 1.52 bits per heavy atom. The SMILES string of the molecule is COc1cc(C(=O)Nc2ccc(NS(=O)(=O)c3ccc(C)cc3)cc2)cc(Cl)c1OC. The van der Waals surface area contributed by atoms with Crippen molar-refractivity contribution in [3.05, 3.63) is 76.8 Å². The summed E-state index contributed by atoms with van der Waals surface area (Å²) in [4.78, 5) is 12.8. The second-order valence-electron chi connectivity index (χ2n) is 6.64. The zero-order valence-corrected chi connectivity index (χ0v) is 18.7. The van der Waals surface area contributed by atoms with Crippen molar-refractivity contribution < 1.29 is 22.7 Å². The number of amides is 1. The van der Waals surface area contributed by atoms with E-state index in [0.717, 1.165) is 5.56 Å². The van der Waals surface area contributed by atoms with E-state index >= 15 is 0 Å². The van der Waals surface area contributed by atoms with Gasteiger partial charge in [-0.2, -0.15) is 0 Å². The minimum Gasteiger partial charge on any atom is -0.493 e. The number of methoxy groups -OCH3 is 2. The van der Waals surface area contributed by atoms with E-state index in [1.165, 1.54) is 26.4 Å². The van der Waals surface area contributed by atoms with E-state index in [4.69, 9.17) is 21.1 Å². The first kappa shape index (κ1) is 22.5. The largest absolute Gasteiger partial charge is 0.493 e. The molecule has 162 valence electrons. The lowest BCUT2D eigenvalue weighted by molar-refractivity contribution is 0.102. The summed E-state index contributed by atoms with van der Waals surface area (Å²) in [5.74, 6) is 0.266. The van der Waals surface area contributed by atoms with Crippen molar-refractivity contribution in [1.82, 2.24) is 0 Å². The van der Waals surface area contributed by atoms with Gasteiger partial charge in [0.25, 0.3) is 15.9 Å². The molecule has 0 atom stereocenters. The van der Waals surface area contributed by atoms with Gasteiger partial charge in [-0.25, -0.2) is 8.42 Å². The molecule has 3 rings (SSSR count). The topological polar surface area (TPSA) is 93.7 Å². The monoisotopic (exact) mass is 460 g/mol. The molecule has 31 heavy (non-hydrogen) atoms. The fourth-order valence-corrected chi connectivity index (χ4v) is 4.15. The van der Waals surface area contributed by atoms with Crippen LogP contribution in [0.25, 0.3) is 0 Å². The molecule has 0 unspecified atom stereocenters. The number of aryl methyl sites for hydroxylation is 1. The Balaban J connectivity index is 1.73. The quantitative estimate of drug-likeness (QED) is 0.532. The van der Waals surface area contributed by atoms with E-state index in [-0.39, 0.29) is 15.5 Å². The average Bonchev–Trinajstić information content (AvgIpc) is 2.74. The average molecular weight is 461 g/mol. The van der Waals surface area contributed by atoms with E-state index in [0.29, 0.717) is 22.9 Å². The fourth-order valence-electron chi connectivity index (χ4n) is 2.81. The standard InChI is InChI=1S/C22H21ClN2O5S/c1-14-4-10-18(11-5-14)31(27,28)25-17-8-6-16(7-9-17)24-22(26)15-12-19(23)21(30-3)20(13-15)29-2/h4-13,25H,1-3H3,(H,24,26). The van der Waals surface area contributed by atoms with Crippen molar-refractivity contribution in [2.24, 2.45) is 0 Å². The number of carbonyl (C=O) groups is 1. The highest BCUT2D eigenvalue weighted by molar-refractivity contribution is 7.92. The van der Waals surface area contributed by atoms with Crippen LogP contribution in [-0.4, -0.2) is 28.5 Å². The summed E-state index contributed by atoms with van der Waals surface area (Å²) in [5.41, 5.74) is 2.10. The number of sulfonamides is 1. The van der Waals surface area contributed by atoms with Crippen molar-refractivity contribution in [2.45, 2.75) is 11.8 Å². The molecule has 0 aromatic heterocycles. The van der Waals surface area contributed by atoms with Gasteiger partial charge in [-0.1, -0.05) is 29.3 Å². The molecule has 0 aliphatic carbocycles. The third-order valence-electron chi connectivity index (χ3n) is 4.42. The van der Waals surface area contributed by atoms with Crippen LogP contribution in [0.3, 0.4) is 0 Å². The van der Waals surface area contributed by atoms with Gasteiger partial charge in [0.2, 0.25) is 0 Å². The highest BCUT2D eigenvalue weighted by Gasteiger charge is 2.16. The summed E-state index contributed by atoms with van der Waals surface area (Å²) in [6.07, 6.45) is 0. The molecule has 7 nitrogen and oxygen atoms in total. The number of rotatable bonds is 7. The maximum Gasteiger partial charge on any atom is 0.261 e. The second kappa shape index (κ2) is 9.28. The van der Waals surface area contributed by atoms with Crippen molar-refractivity contribution in [3.8, 4) is 11.5 Å². The van der Waals surface area contributed by atoms with Crippen molar-refractivity contribution in [2.75, 3.05) is 24.3 Å². The Hall–Kier alpha value is -3.23. The van der Waals surface area contributed by atoms with Crippen LogP contribution in [0, 0.1) is 6.92 Å². The molecule has 3 aromatic rings. The normalized spacial score (nSPS) is 11.0. The Kier molecular flexibility index (Phi) is 6.72. The van der Waals surface area contributed by atoms with Gasteiger partial charge in [-0.05, 0) is 55.5 Å². The lowest BCUT2D eigenvalue weighted by Gasteiger charge is -2.12. The number of nitrogens with one attached hydrogen (secondary N) is 2. The van der Waals surface area contributed by atoms with Gasteiger partial charge in [0.05, 0.1) is 24.1 Å². The number of benzene rings is 3. The number of halogens is 1. The van der Waals surface area contributed by atoms with E-state index in [9.17, 15) is 13.2 Å². The predicted octanol–water partition coefficient (Wildman–Crippen LogP) is 4.72. The number of anilines is 2. The molecule has 0 bridgehead atoms. The molecule has 0 aliphatic heterocycles. The van der Waals surface area contributed by atoms with Crippen LogP contribution < -0.4 is 19.5 Å². The van der Waals surface area contributed by atoms with Crippen molar-refractivity contribution >= 4 is 38.9 Å². The fraction of sp³-hybridized carbons (Fsp3) is 0.136. The number of hydrogen-bond acceptors (Lipinski definition) is 5. The minimum atomic E-state index is -3.71. The predicted molar refractivity (Wildman–Crippen MR) is 121 cm³/mol. The molecule has 0 heterocycles. The zero-order chi connectivity index (χ0) is 22.6. The summed E-state index contributed by atoms with van der Waals surface area (Å²) in [6.45, 7) is 1.88. The van der Waals surface area contributed by atoms with E-state index in [1.54, 1.807) is 48.5 Å². The molecule has 0 spiro atoms. The summed E-state index contributed by atoms with van der Waals surface area (Å²) < 4.78 is 37.9. The highest BCUT2D eigenvalue weighted by Crippen LogP contribution is 2.36. The van der Waals surface area contributed by atoms with Crippen LogP contribution in [0.4, 0.5) is 11.4 Å². The van der Waals surface area contributed by atoms with Crippen LogP contribution in [0.5, 0.6) is 11.5 Å². The molecule has 0 radical (unpaired) electrons. The maximum absolute atomic E-state index is 12.6. The lowest BCUT2D eigenvalue weighted by Crippen LogP contribution is -2.14. The molecular formula is C22H21ClN2O5S. The summed E-state index contributed by atoms with van der Waals surface area (Å²) >= 11 is 6.15. The molecule has 3 aromatic carbocycles. The van der Waals surface area contributed by atoms with Gasteiger partial charge in [0.1, 0.15) is 0 Å². The molecular weight excluding hydrogens is 440 g/mol. The summed E-state index contributed by atoms with van der Waals surface area (Å²) in [6, 6.07) is 15.8. The Morgan fingerprint density at radius 1 is 0.903 bits per heavy atom. The van der Waals surface area contributed by atoms with Gasteiger partial charge < -0.3 is 14.8 Å².